The van der Waals surface area contributed by atoms with Crippen molar-refractivity contribution in [2.24, 2.45) is 17.7 Å². The molecule has 7 nitrogen and oxygen atoms in total. The number of aliphatic hydroxyl groups excluding tert-OH is 1. The normalized spacial score (nSPS) is 24.5. The van der Waals surface area contributed by atoms with Crippen molar-refractivity contribution in [3.63, 3.8) is 0 Å². The first-order valence-corrected chi connectivity index (χ1v) is 7.91. The minimum atomic E-state index is -1.65. The van der Waals surface area contributed by atoms with Gasteiger partial charge in [0.2, 0.25) is 5.91 Å². The summed E-state index contributed by atoms with van der Waals surface area (Å²) in [5.41, 5.74) is 0. The summed E-state index contributed by atoms with van der Waals surface area (Å²) in [7, 11) is 0. The molecule has 1 aliphatic heterocycles. The molecule has 7 heteroatoms. The van der Waals surface area contributed by atoms with Crippen molar-refractivity contribution in [3.05, 3.63) is 0 Å². The number of carboxylic acids is 1. The minimum absolute atomic E-state index is 0.0158. The van der Waals surface area contributed by atoms with Gasteiger partial charge in [-0.05, 0) is 24.7 Å². The number of Topliss-reactive ketones (excluding diaryl/α,β-unsaturated/α-hetero) is 1. The van der Waals surface area contributed by atoms with Gasteiger partial charge in [0.25, 0.3) is 0 Å². The molecule has 4 atom stereocenters. The number of aliphatic carboxylic acids is 1. The van der Waals surface area contributed by atoms with E-state index in [9.17, 15) is 14.4 Å². The van der Waals surface area contributed by atoms with Gasteiger partial charge in [-0.3, -0.25) is 9.59 Å². The van der Waals surface area contributed by atoms with Crippen LogP contribution >= 0.6 is 0 Å². The number of aliphatic hydroxyl groups is 1. The zero-order chi connectivity index (χ0) is 18.5. The van der Waals surface area contributed by atoms with Crippen molar-refractivity contribution < 1.29 is 30.7 Å². The molecule has 1 heterocycles. The number of amides is 1. The van der Waals surface area contributed by atoms with Crippen molar-refractivity contribution in [2.45, 2.75) is 52.2 Å². The summed E-state index contributed by atoms with van der Waals surface area (Å²) in [6.07, 6.45) is -1.83. The summed E-state index contributed by atoms with van der Waals surface area (Å²) in [5, 5.41) is 20.4. The Labute approximate surface area is 137 Å². The van der Waals surface area contributed by atoms with Gasteiger partial charge >= 0.3 is 5.97 Å². The lowest BCUT2D eigenvalue weighted by Crippen LogP contribution is -2.35. The van der Waals surface area contributed by atoms with Crippen LogP contribution in [0.15, 0.2) is 0 Å². The predicted molar refractivity (Wildman–Crippen MR) is 82.7 cm³/mol. The average molecular weight is 330 g/mol. The third-order valence-corrected chi connectivity index (χ3v) is 3.65. The largest absolute Gasteiger partial charge is 0.479 e. The smallest absolute Gasteiger partial charge is 0.336 e. The number of nitrogens with one attached hydrogen (secondary N) is 1. The molecule has 0 bridgehead atoms. The molecule has 1 rings (SSSR count). The van der Waals surface area contributed by atoms with Gasteiger partial charge in [-0.1, -0.05) is 20.8 Å². The van der Waals surface area contributed by atoms with Crippen LogP contribution < -0.4 is 5.32 Å². The standard InChI is InChI=1S/C16H27NO6/c1-9(2)6-11(15(20)17-5-4-10(3)8-18)7-12(19)13-14(23-13)16(21)22/h9-11,13-14,18H,4-8H2,1-3H3,(H,17,20)(H,21,22)/t10-,11-,13+,14-/m0/s1/i11D. The Morgan fingerprint density at radius 3 is 2.39 bits per heavy atom. The molecular formula is C16H27NO6. The number of carboxylic acid groups (broad SMARTS) is 1. The van der Waals surface area contributed by atoms with Gasteiger partial charge in [-0.15, -0.1) is 0 Å². The van der Waals surface area contributed by atoms with Crippen molar-refractivity contribution in [2.75, 3.05) is 13.2 Å². The Morgan fingerprint density at radius 2 is 1.91 bits per heavy atom. The molecule has 0 radical (unpaired) electrons. The van der Waals surface area contributed by atoms with E-state index in [1.165, 1.54) is 0 Å². The first kappa shape index (κ1) is 17.9. The van der Waals surface area contributed by atoms with E-state index in [2.05, 4.69) is 5.32 Å². The van der Waals surface area contributed by atoms with Gasteiger partial charge in [0.1, 0.15) is 0 Å². The number of carbonyl (C=O) groups excluding carboxylic acids is 2. The highest BCUT2D eigenvalue weighted by atomic mass is 16.6. The second-order valence-corrected chi connectivity index (χ2v) is 6.49. The van der Waals surface area contributed by atoms with Crippen LogP contribution in [0.25, 0.3) is 0 Å². The molecule has 1 amide bonds. The van der Waals surface area contributed by atoms with E-state index in [1.807, 2.05) is 20.8 Å². The Balaban J connectivity index is 2.65. The lowest BCUT2D eigenvalue weighted by molar-refractivity contribution is -0.138. The third-order valence-electron chi connectivity index (χ3n) is 3.65. The summed E-state index contributed by atoms with van der Waals surface area (Å²) >= 11 is 0. The van der Waals surface area contributed by atoms with Crippen LogP contribution in [0, 0.1) is 17.7 Å². The quantitative estimate of drug-likeness (QED) is 0.478. The fourth-order valence-corrected chi connectivity index (χ4v) is 2.24. The van der Waals surface area contributed by atoms with E-state index in [-0.39, 0.29) is 31.3 Å². The summed E-state index contributed by atoms with van der Waals surface area (Å²) in [5.74, 6) is -3.89. The first-order chi connectivity index (χ1) is 11.1. The highest BCUT2D eigenvalue weighted by Gasteiger charge is 2.50. The molecule has 0 saturated carbocycles. The van der Waals surface area contributed by atoms with E-state index in [1.54, 1.807) is 0 Å². The van der Waals surface area contributed by atoms with Crippen LogP contribution in [-0.4, -0.2) is 53.2 Å². The molecular weight excluding hydrogens is 302 g/mol. The topological polar surface area (TPSA) is 116 Å². The summed E-state index contributed by atoms with van der Waals surface area (Å²) < 4.78 is 13.2. The predicted octanol–water partition coefficient (Wildman–Crippen LogP) is 0.595. The number of ketones is 1. The minimum Gasteiger partial charge on any atom is -0.479 e. The van der Waals surface area contributed by atoms with Crippen molar-refractivity contribution >= 4 is 17.7 Å². The first-order valence-electron chi connectivity index (χ1n) is 8.41. The van der Waals surface area contributed by atoms with Crippen LogP contribution in [-0.2, 0) is 19.1 Å². The highest BCUT2D eigenvalue weighted by molar-refractivity contribution is 5.95. The van der Waals surface area contributed by atoms with Crippen molar-refractivity contribution in [3.8, 4) is 0 Å². The van der Waals surface area contributed by atoms with E-state index < -0.39 is 35.8 Å². The van der Waals surface area contributed by atoms with Gasteiger partial charge in [0.05, 0.1) is 0 Å². The zero-order valence-corrected chi connectivity index (χ0v) is 13.9. The molecule has 0 aromatic carbocycles. The van der Waals surface area contributed by atoms with Crippen molar-refractivity contribution in [1.29, 1.82) is 0 Å². The van der Waals surface area contributed by atoms with Gasteiger partial charge < -0.3 is 20.3 Å². The molecule has 0 spiro atoms. The second-order valence-electron chi connectivity index (χ2n) is 6.49. The molecule has 0 aromatic heterocycles. The summed E-state index contributed by atoms with van der Waals surface area (Å²) in [6, 6.07) is 0. The fourth-order valence-electron chi connectivity index (χ4n) is 2.24. The maximum absolute atomic E-state index is 12.4. The van der Waals surface area contributed by atoms with Crippen LogP contribution in [0.2, 0.25) is 0 Å². The maximum Gasteiger partial charge on any atom is 0.336 e. The van der Waals surface area contributed by atoms with E-state index in [0.29, 0.717) is 13.0 Å². The molecule has 0 aromatic rings. The number of ether oxygens (including phenoxy) is 1. The molecule has 3 N–H and O–H groups in total. The van der Waals surface area contributed by atoms with Crippen LogP contribution in [0.3, 0.4) is 0 Å². The number of epoxide rings is 1. The molecule has 1 aliphatic rings. The Kier molecular flexibility index (Phi) is 6.98. The Hall–Kier alpha value is -1.47. The molecule has 132 valence electrons. The zero-order valence-electron chi connectivity index (χ0n) is 14.9. The molecule has 1 saturated heterocycles. The van der Waals surface area contributed by atoms with Crippen LogP contribution in [0.5, 0.6) is 0 Å². The molecule has 23 heavy (non-hydrogen) atoms. The number of hydrogen-bond acceptors (Lipinski definition) is 5. The molecule has 0 unspecified atom stereocenters. The fraction of sp³-hybridized carbons (Fsp3) is 0.812. The van der Waals surface area contributed by atoms with Crippen LogP contribution in [0.1, 0.15) is 41.4 Å². The lowest BCUT2D eigenvalue weighted by Gasteiger charge is -2.18. The molecule has 0 aliphatic carbocycles. The van der Waals surface area contributed by atoms with E-state index >= 15 is 0 Å². The highest BCUT2D eigenvalue weighted by Crippen LogP contribution is 2.27. The third kappa shape index (κ3) is 6.66. The van der Waals surface area contributed by atoms with E-state index in [4.69, 9.17) is 16.3 Å². The maximum atomic E-state index is 12.4. The average Bonchev–Trinajstić information content (AvgIpc) is 3.26. The van der Waals surface area contributed by atoms with Crippen LogP contribution in [0.4, 0.5) is 0 Å². The number of rotatable bonds is 11. The Bertz CT molecular complexity index is 483. The van der Waals surface area contributed by atoms with Gasteiger partial charge in [-0.25, -0.2) is 4.79 Å². The molecule has 1 fully saturated rings. The SMILES string of the molecule is [2H][C@@](CC(=O)[C@H]1O[C@@H]1C(=O)O)(CC(C)C)C(=O)NCC[C@H](C)CO. The Morgan fingerprint density at radius 1 is 1.26 bits per heavy atom. The monoisotopic (exact) mass is 330 g/mol. The van der Waals surface area contributed by atoms with Gasteiger partial charge in [0, 0.05) is 26.8 Å². The summed E-state index contributed by atoms with van der Waals surface area (Å²) in [6.45, 7) is 5.87. The second kappa shape index (κ2) is 8.98. The summed E-state index contributed by atoms with van der Waals surface area (Å²) in [4.78, 5) is 35.3. The van der Waals surface area contributed by atoms with E-state index in [0.717, 1.165) is 0 Å². The van der Waals surface area contributed by atoms with Crippen molar-refractivity contribution in [1.82, 2.24) is 5.32 Å². The van der Waals surface area contributed by atoms with Gasteiger partial charge in [-0.2, -0.15) is 0 Å². The number of carbonyl (C=O) groups is 3. The number of hydrogen-bond donors (Lipinski definition) is 3. The van der Waals surface area contributed by atoms with Gasteiger partial charge in [0.15, 0.2) is 18.0 Å². The lowest BCUT2D eigenvalue weighted by atomic mass is 9.90.